The Kier molecular flexibility index (Phi) is 9.80. The number of anilines is 2. The third-order valence-electron chi connectivity index (χ3n) is 5.50. The van der Waals surface area contributed by atoms with E-state index in [-0.39, 0.29) is 18.4 Å². The van der Waals surface area contributed by atoms with Gasteiger partial charge in [0.2, 0.25) is 11.8 Å². The lowest BCUT2D eigenvalue weighted by Gasteiger charge is -2.18. The predicted octanol–water partition coefficient (Wildman–Crippen LogP) is 3.59. The molecule has 2 N–H and O–H groups in total. The number of amides is 2. The Labute approximate surface area is 179 Å². The van der Waals surface area contributed by atoms with Crippen molar-refractivity contribution < 1.29 is 19.1 Å². The van der Waals surface area contributed by atoms with Crippen molar-refractivity contribution in [3.63, 3.8) is 0 Å². The van der Waals surface area contributed by atoms with E-state index in [4.69, 9.17) is 4.74 Å². The number of nitrogens with one attached hydrogen (secondary N) is 2. The minimum Gasteiger partial charge on any atom is -0.465 e. The number of benzene rings is 1. The lowest BCUT2D eigenvalue weighted by Crippen LogP contribution is -2.31. The zero-order chi connectivity index (χ0) is 21.9. The van der Waals surface area contributed by atoms with E-state index in [2.05, 4.69) is 29.4 Å². The first-order chi connectivity index (χ1) is 14.5. The minimum absolute atomic E-state index is 0.0566. The Morgan fingerprint density at radius 3 is 2.57 bits per heavy atom. The van der Waals surface area contributed by atoms with E-state index >= 15 is 0 Å². The second-order valence-electron chi connectivity index (χ2n) is 7.62. The molecule has 0 fully saturated rings. The van der Waals surface area contributed by atoms with Gasteiger partial charge in [-0.05, 0) is 63.2 Å². The molecule has 1 aliphatic heterocycles. The SMILES string of the molecule is CCOC(=O)C(CCCCCCN(CC)CC)C(=O)Nc1ccc2c(c1)CC(=O)N2. The Balaban J connectivity index is 1.86. The van der Waals surface area contributed by atoms with Gasteiger partial charge in [-0.2, -0.15) is 0 Å². The van der Waals surface area contributed by atoms with Crippen LogP contribution in [0, 0.1) is 5.92 Å². The second-order valence-corrected chi connectivity index (χ2v) is 7.62. The summed E-state index contributed by atoms with van der Waals surface area (Å²) in [5.74, 6) is -1.70. The Morgan fingerprint density at radius 2 is 1.87 bits per heavy atom. The van der Waals surface area contributed by atoms with Crippen LogP contribution in [-0.4, -0.2) is 48.9 Å². The van der Waals surface area contributed by atoms with Crippen LogP contribution in [0.2, 0.25) is 0 Å². The Morgan fingerprint density at radius 1 is 1.13 bits per heavy atom. The van der Waals surface area contributed by atoms with Gasteiger partial charge in [0, 0.05) is 11.4 Å². The number of unbranched alkanes of at least 4 members (excludes halogenated alkanes) is 3. The molecule has 1 atom stereocenters. The summed E-state index contributed by atoms with van der Waals surface area (Å²) in [6.45, 7) is 9.54. The van der Waals surface area contributed by atoms with Gasteiger partial charge in [-0.25, -0.2) is 0 Å². The van der Waals surface area contributed by atoms with Gasteiger partial charge in [0.1, 0.15) is 5.92 Å². The van der Waals surface area contributed by atoms with Crippen LogP contribution >= 0.6 is 0 Å². The van der Waals surface area contributed by atoms with Crippen LogP contribution in [0.25, 0.3) is 0 Å². The quantitative estimate of drug-likeness (QED) is 0.291. The van der Waals surface area contributed by atoms with Crippen molar-refractivity contribution in [2.45, 2.75) is 59.3 Å². The smallest absolute Gasteiger partial charge is 0.318 e. The molecule has 166 valence electrons. The standard InChI is InChI=1S/C23H35N3O4/c1-4-26(5-2)14-10-8-7-9-11-19(23(29)30-6-3)22(28)24-18-12-13-20-17(15-18)16-21(27)25-20/h12-13,15,19H,4-11,14,16H2,1-3H3,(H,24,28)(H,25,27). The van der Waals surface area contributed by atoms with E-state index in [0.717, 1.165) is 56.6 Å². The molecular weight excluding hydrogens is 382 g/mol. The minimum atomic E-state index is -0.819. The molecule has 0 spiro atoms. The highest BCUT2D eigenvalue weighted by Gasteiger charge is 2.28. The molecule has 2 rings (SSSR count). The van der Waals surface area contributed by atoms with Crippen molar-refractivity contribution in [1.29, 1.82) is 0 Å². The molecule has 1 aromatic rings. The summed E-state index contributed by atoms with van der Waals surface area (Å²) in [4.78, 5) is 39.0. The molecule has 0 aromatic heterocycles. The molecule has 1 aliphatic rings. The molecule has 0 bridgehead atoms. The van der Waals surface area contributed by atoms with Crippen molar-refractivity contribution in [1.82, 2.24) is 4.90 Å². The summed E-state index contributed by atoms with van der Waals surface area (Å²) >= 11 is 0. The van der Waals surface area contributed by atoms with Crippen LogP contribution in [0.1, 0.15) is 58.4 Å². The topological polar surface area (TPSA) is 87.7 Å². The zero-order valence-corrected chi connectivity index (χ0v) is 18.5. The maximum Gasteiger partial charge on any atom is 0.318 e. The van der Waals surface area contributed by atoms with Crippen molar-refractivity contribution in [2.24, 2.45) is 5.92 Å². The molecule has 0 saturated carbocycles. The fourth-order valence-electron chi connectivity index (χ4n) is 3.71. The molecule has 7 heteroatoms. The molecule has 1 heterocycles. The molecule has 7 nitrogen and oxygen atoms in total. The number of hydrogen-bond donors (Lipinski definition) is 2. The number of ether oxygens (including phenoxy) is 1. The number of esters is 1. The van der Waals surface area contributed by atoms with Crippen LogP contribution < -0.4 is 10.6 Å². The van der Waals surface area contributed by atoms with E-state index in [0.29, 0.717) is 18.5 Å². The number of fused-ring (bicyclic) bond motifs is 1. The number of nitrogens with zero attached hydrogens (tertiary/aromatic N) is 1. The van der Waals surface area contributed by atoms with Gasteiger partial charge in [0.15, 0.2) is 0 Å². The Hall–Kier alpha value is -2.41. The van der Waals surface area contributed by atoms with Gasteiger partial charge in [-0.15, -0.1) is 0 Å². The third-order valence-corrected chi connectivity index (χ3v) is 5.50. The molecule has 2 amide bonds. The van der Waals surface area contributed by atoms with E-state index in [1.807, 2.05) is 0 Å². The first-order valence-electron chi connectivity index (χ1n) is 11.1. The Bertz CT molecular complexity index is 731. The van der Waals surface area contributed by atoms with E-state index in [1.165, 1.54) is 0 Å². The molecular formula is C23H35N3O4. The molecule has 1 aromatic carbocycles. The van der Waals surface area contributed by atoms with Crippen molar-refractivity contribution in [2.75, 3.05) is 36.9 Å². The molecule has 1 unspecified atom stereocenters. The maximum atomic E-state index is 12.8. The average molecular weight is 418 g/mol. The number of carbonyl (C=O) groups is 3. The second kappa shape index (κ2) is 12.3. The van der Waals surface area contributed by atoms with Crippen LogP contribution in [0.15, 0.2) is 18.2 Å². The summed E-state index contributed by atoms with van der Waals surface area (Å²) in [6.07, 6.45) is 4.77. The molecule has 0 saturated heterocycles. The highest BCUT2D eigenvalue weighted by molar-refractivity contribution is 6.05. The first-order valence-corrected chi connectivity index (χ1v) is 11.1. The fourth-order valence-corrected chi connectivity index (χ4v) is 3.71. The molecule has 0 radical (unpaired) electrons. The normalized spacial score (nSPS) is 13.7. The monoisotopic (exact) mass is 417 g/mol. The van der Waals surface area contributed by atoms with Crippen molar-refractivity contribution in [3.05, 3.63) is 23.8 Å². The van der Waals surface area contributed by atoms with Gasteiger partial charge in [0.25, 0.3) is 0 Å². The maximum absolute atomic E-state index is 12.8. The predicted molar refractivity (Wildman–Crippen MR) is 118 cm³/mol. The summed E-state index contributed by atoms with van der Waals surface area (Å²) in [6, 6.07) is 5.28. The van der Waals surface area contributed by atoms with E-state index in [1.54, 1.807) is 25.1 Å². The fraction of sp³-hybridized carbons (Fsp3) is 0.609. The highest BCUT2D eigenvalue weighted by atomic mass is 16.5. The van der Waals surface area contributed by atoms with E-state index in [9.17, 15) is 14.4 Å². The summed E-state index contributed by atoms with van der Waals surface area (Å²) < 4.78 is 5.13. The average Bonchev–Trinajstić information content (AvgIpc) is 3.09. The molecule has 30 heavy (non-hydrogen) atoms. The van der Waals surface area contributed by atoms with Gasteiger partial charge < -0.3 is 20.3 Å². The zero-order valence-electron chi connectivity index (χ0n) is 18.5. The number of carbonyl (C=O) groups excluding carboxylic acids is 3. The van der Waals surface area contributed by atoms with Crippen molar-refractivity contribution in [3.8, 4) is 0 Å². The number of rotatable bonds is 13. The van der Waals surface area contributed by atoms with Gasteiger partial charge in [-0.1, -0.05) is 33.1 Å². The van der Waals surface area contributed by atoms with E-state index < -0.39 is 11.9 Å². The summed E-state index contributed by atoms with van der Waals surface area (Å²) in [5, 5.41) is 5.59. The van der Waals surface area contributed by atoms with Crippen LogP contribution in [0.5, 0.6) is 0 Å². The van der Waals surface area contributed by atoms with Crippen LogP contribution in [-0.2, 0) is 25.5 Å². The van der Waals surface area contributed by atoms with Crippen LogP contribution in [0.3, 0.4) is 0 Å². The van der Waals surface area contributed by atoms with Crippen LogP contribution in [0.4, 0.5) is 11.4 Å². The first kappa shape index (κ1) is 23.9. The summed E-state index contributed by atoms with van der Waals surface area (Å²) in [5.41, 5.74) is 2.20. The van der Waals surface area contributed by atoms with Crippen molar-refractivity contribution >= 4 is 29.2 Å². The van der Waals surface area contributed by atoms with Gasteiger partial charge in [-0.3, -0.25) is 14.4 Å². The largest absolute Gasteiger partial charge is 0.465 e. The van der Waals surface area contributed by atoms with Gasteiger partial charge >= 0.3 is 5.97 Å². The lowest BCUT2D eigenvalue weighted by molar-refractivity contribution is -0.151. The lowest BCUT2D eigenvalue weighted by atomic mass is 9.99. The number of hydrogen-bond acceptors (Lipinski definition) is 5. The third kappa shape index (κ3) is 7.13. The van der Waals surface area contributed by atoms with Gasteiger partial charge in [0.05, 0.1) is 13.0 Å². The highest BCUT2D eigenvalue weighted by Crippen LogP contribution is 2.26. The molecule has 0 aliphatic carbocycles. The summed E-state index contributed by atoms with van der Waals surface area (Å²) in [7, 11) is 0.